The SMILES string of the molecule is Cc1noc(C)c1CCCN=C(N)Nc1cccc(C(C)C)c1.I. The van der Waals surface area contributed by atoms with Gasteiger partial charge in [0.1, 0.15) is 5.76 Å². The summed E-state index contributed by atoms with van der Waals surface area (Å²) >= 11 is 0. The molecule has 0 bridgehead atoms. The Hall–Kier alpha value is -1.57. The standard InChI is InChI=1S/C18H26N4O.HI/c1-12(2)15-7-5-8-16(11-15)21-18(19)20-10-6-9-17-13(3)22-23-14(17)4;/h5,7-8,11-12H,6,9-10H2,1-4H3,(H3,19,20,21);1H. The number of benzene rings is 1. The number of aliphatic imine (C=N–C) groups is 1. The van der Waals surface area contributed by atoms with Crippen molar-refractivity contribution in [2.24, 2.45) is 10.7 Å². The number of anilines is 1. The molecule has 0 aliphatic heterocycles. The molecule has 0 fully saturated rings. The van der Waals surface area contributed by atoms with Crippen molar-refractivity contribution in [3.05, 3.63) is 46.8 Å². The third-order valence-corrected chi connectivity index (χ3v) is 3.87. The molecule has 3 N–H and O–H groups in total. The molecule has 2 rings (SSSR count). The van der Waals surface area contributed by atoms with Crippen molar-refractivity contribution in [3.63, 3.8) is 0 Å². The minimum Gasteiger partial charge on any atom is -0.370 e. The number of hydrogen-bond acceptors (Lipinski definition) is 3. The lowest BCUT2D eigenvalue weighted by atomic mass is 10.0. The average molecular weight is 442 g/mol. The summed E-state index contributed by atoms with van der Waals surface area (Å²) < 4.78 is 5.16. The van der Waals surface area contributed by atoms with Crippen LogP contribution in [-0.4, -0.2) is 17.7 Å². The second-order valence-corrected chi connectivity index (χ2v) is 6.08. The predicted molar refractivity (Wildman–Crippen MR) is 110 cm³/mol. The molecule has 0 saturated heterocycles. The number of hydrogen-bond donors (Lipinski definition) is 2. The molecule has 0 radical (unpaired) electrons. The Bertz CT molecular complexity index is 660. The summed E-state index contributed by atoms with van der Waals surface area (Å²) in [5.74, 6) is 1.83. The molecule has 0 saturated carbocycles. The minimum absolute atomic E-state index is 0. The van der Waals surface area contributed by atoms with Crippen LogP contribution in [0.2, 0.25) is 0 Å². The minimum atomic E-state index is 0. The highest BCUT2D eigenvalue weighted by Gasteiger charge is 2.07. The molecular formula is C18H27IN4O. The summed E-state index contributed by atoms with van der Waals surface area (Å²) in [7, 11) is 0. The van der Waals surface area contributed by atoms with Gasteiger partial charge in [-0.1, -0.05) is 31.1 Å². The Labute approximate surface area is 161 Å². The second-order valence-electron chi connectivity index (χ2n) is 6.08. The zero-order valence-corrected chi connectivity index (χ0v) is 17.1. The molecule has 6 heteroatoms. The van der Waals surface area contributed by atoms with Gasteiger partial charge in [-0.2, -0.15) is 0 Å². The van der Waals surface area contributed by atoms with Crippen molar-refractivity contribution in [1.29, 1.82) is 0 Å². The molecule has 2 aromatic rings. The number of guanidine groups is 1. The fourth-order valence-electron chi connectivity index (χ4n) is 2.48. The van der Waals surface area contributed by atoms with Crippen molar-refractivity contribution < 1.29 is 4.52 Å². The van der Waals surface area contributed by atoms with E-state index in [-0.39, 0.29) is 24.0 Å². The molecule has 1 aromatic carbocycles. The lowest BCUT2D eigenvalue weighted by Gasteiger charge is -2.10. The Kier molecular flexibility index (Phi) is 8.24. The van der Waals surface area contributed by atoms with E-state index in [1.165, 1.54) is 11.1 Å². The molecule has 0 unspecified atom stereocenters. The van der Waals surface area contributed by atoms with Gasteiger partial charge in [-0.3, -0.25) is 4.99 Å². The third kappa shape index (κ3) is 5.81. The van der Waals surface area contributed by atoms with E-state index in [1.54, 1.807) is 0 Å². The van der Waals surface area contributed by atoms with E-state index in [4.69, 9.17) is 10.3 Å². The zero-order valence-electron chi connectivity index (χ0n) is 14.8. The van der Waals surface area contributed by atoms with Crippen molar-refractivity contribution >= 4 is 35.6 Å². The lowest BCUT2D eigenvalue weighted by Crippen LogP contribution is -2.23. The van der Waals surface area contributed by atoms with Gasteiger partial charge in [-0.25, -0.2) is 0 Å². The van der Waals surface area contributed by atoms with Crippen LogP contribution >= 0.6 is 24.0 Å². The van der Waals surface area contributed by atoms with E-state index < -0.39 is 0 Å². The first-order chi connectivity index (χ1) is 11.0. The van der Waals surface area contributed by atoms with Crippen LogP contribution in [0, 0.1) is 13.8 Å². The summed E-state index contributed by atoms with van der Waals surface area (Å²) in [6, 6.07) is 8.25. The third-order valence-electron chi connectivity index (χ3n) is 3.87. The first kappa shape index (κ1) is 20.5. The van der Waals surface area contributed by atoms with Gasteiger partial charge in [-0.15, -0.1) is 24.0 Å². The Morgan fingerprint density at radius 3 is 2.71 bits per heavy atom. The summed E-state index contributed by atoms with van der Waals surface area (Å²) in [4.78, 5) is 4.39. The number of aromatic nitrogens is 1. The molecule has 0 atom stereocenters. The average Bonchev–Trinajstić information content (AvgIpc) is 2.83. The maximum atomic E-state index is 5.96. The quantitative estimate of drug-likeness (QED) is 0.301. The van der Waals surface area contributed by atoms with Crippen LogP contribution in [0.25, 0.3) is 0 Å². The highest BCUT2D eigenvalue weighted by molar-refractivity contribution is 14.0. The first-order valence-electron chi connectivity index (χ1n) is 8.06. The van der Waals surface area contributed by atoms with Gasteiger partial charge in [-0.05, 0) is 50.3 Å². The van der Waals surface area contributed by atoms with E-state index >= 15 is 0 Å². The van der Waals surface area contributed by atoms with Crippen molar-refractivity contribution in [2.75, 3.05) is 11.9 Å². The molecule has 1 aromatic heterocycles. The number of nitrogens with one attached hydrogen (secondary N) is 1. The molecular weight excluding hydrogens is 415 g/mol. The predicted octanol–water partition coefficient (Wildman–Crippen LogP) is 4.39. The molecule has 132 valence electrons. The highest BCUT2D eigenvalue weighted by atomic mass is 127. The van der Waals surface area contributed by atoms with Gasteiger partial charge in [0.25, 0.3) is 0 Å². The van der Waals surface area contributed by atoms with Crippen molar-refractivity contribution in [2.45, 2.75) is 46.5 Å². The number of aryl methyl sites for hydroxylation is 2. The normalized spacial score (nSPS) is 11.5. The number of nitrogens with two attached hydrogens (primary N) is 1. The lowest BCUT2D eigenvalue weighted by molar-refractivity contribution is 0.392. The van der Waals surface area contributed by atoms with Crippen LogP contribution < -0.4 is 11.1 Å². The summed E-state index contributed by atoms with van der Waals surface area (Å²) in [6.45, 7) is 8.92. The van der Waals surface area contributed by atoms with Crippen LogP contribution in [0.5, 0.6) is 0 Å². The van der Waals surface area contributed by atoms with Crippen LogP contribution in [0.3, 0.4) is 0 Å². The van der Waals surface area contributed by atoms with Crippen molar-refractivity contribution in [3.8, 4) is 0 Å². The van der Waals surface area contributed by atoms with Gasteiger partial charge < -0.3 is 15.6 Å². The van der Waals surface area contributed by atoms with E-state index in [9.17, 15) is 0 Å². The van der Waals surface area contributed by atoms with E-state index in [1.807, 2.05) is 26.0 Å². The van der Waals surface area contributed by atoms with Gasteiger partial charge in [0.2, 0.25) is 0 Å². The van der Waals surface area contributed by atoms with Gasteiger partial charge in [0.05, 0.1) is 5.69 Å². The maximum Gasteiger partial charge on any atom is 0.193 e. The number of nitrogens with zero attached hydrogens (tertiary/aromatic N) is 2. The maximum absolute atomic E-state index is 5.96. The summed E-state index contributed by atoms with van der Waals surface area (Å²) in [6.07, 6.45) is 1.82. The molecule has 5 nitrogen and oxygen atoms in total. The summed E-state index contributed by atoms with van der Waals surface area (Å²) in [5.41, 5.74) is 10.4. The topological polar surface area (TPSA) is 76.4 Å². The second kappa shape index (κ2) is 9.66. The molecule has 24 heavy (non-hydrogen) atoms. The molecule has 0 aliphatic rings. The number of rotatable bonds is 6. The van der Waals surface area contributed by atoms with Crippen LogP contribution in [0.4, 0.5) is 5.69 Å². The zero-order chi connectivity index (χ0) is 16.8. The monoisotopic (exact) mass is 442 g/mol. The Balaban J connectivity index is 0.00000288. The van der Waals surface area contributed by atoms with Gasteiger partial charge in [0, 0.05) is 17.8 Å². The van der Waals surface area contributed by atoms with E-state index in [0.717, 1.165) is 30.0 Å². The van der Waals surface area contributed by atoms with Crippen LogP contribution in [0.1, 0.15) is 48.8 Å². The first-order valence-corrected chi connectivity index (χ1v) is 8.06. The molecule has 0 amide bonds. The Morgan fingerprint density at radius 1 is 1.33 bits per heavy atom. The molecule has 0 aliphatic carbocycles. The van der Waals surface area contributed by atoms with Crippen molar-refractivity contribution in [1.82, 2.24) is 5.16 Å². The highest BCUT2D eigenvalue weighted by Crippen LogP contribution is 2.18. The number of halogens is 1. The Morgan fingerprint density at radius 2 is 2.08 bits per heavy atom. The fourth-order valence-corrected chi connectivity index (χ4v) is 2.48. The van der Waals surface area contributed by atoms with Gasteiger partial charge >= 0.3 is 0 Å². The fraction of sp³-hybridized carbons (Fsp3) is 0.444. The smallest absolute Gasteiger partial charge is 0.193 e. The van der Waals surface area contributed by atoms with Crippen LogP contribution in [0.15, 0.2) is 33.8 Å². The largest absolute Gasteiger partial charge is 0.370 e. The molecule has 1 heterocycles. The summed E-state index contributed by atoms with van der Waals surface area (Å²) in [5, 5.41) is 7.11. The molecule has 0 spiro atoms. The van der Waals surface area contributed by atoms with E-state index in [0.29, 0.717) is 18.4 Å². The van der Waals surface area contributed by atoms with Crippen LogP contribution in [-0.2, 0) is 6.42 Å². The van der Waals surface area contributed by atoms with E-state index in [2.05, 4.69) is 41.4 Å². The van der Waals surface area contributed by atoms with Gasteiger partial charge in [0.15, 0.2) is 5.96 Å².